The first-order valence-corrected chi connectivity index (χ1v) is 6.67. The van der Waals surface area contributed by atoms with Crippen molar-refractivity contribution in [2.45, 2.75) is 38.9 Å². The molecule has 0 bridgehead atoms. The molecule has 1 unspecified atom stereocenters. The summed E-state index contributed by atoms with van der Waals surface area (Å²) < 4.78 is 9.68. The molecule has 0 amide bonds. The van der Waals surface area contributed by atoms with Gasteiger partial charge in [0.05, 0.1) is 16.7 Å². The zero-order valence-electron chi connectivity index (χ0n) is 12.4. The van der Waals surface area contributed by atoms with Crippen LogP contribution >= 0.6 is 0 Å². The van der Waals surface area contributed by atoms with Gasteiger partial charge in [-0.05, 0) is 39.0 Å². The molecular weight excluding hydrogens is 292 g/mol. The van der Waals surface area contributed by atoms with Crippen LogP contribution in [0.1, 0.15) is 58.3 Å². The highest BCUT2D eigenvalue weighted by Gasteiger charge is 2.31. The number of fused-ring (bicyclic) bond motifs is 1. The Balaban J connectivity index is 2.10. The second-order valence-corrected chi connectivity index (χ2v) is 5.71. The molecule has 0 aliphatic carbocycles. The maximum atomic E-state index is 12.1. The molecule has 1 heterocycles. The third kappa shape index (κ3) is 3.32. The average molecular weight is 308 g/mol. The van der Waals surface area contributed by atoms with Crippen molar-refractivity contribution in [2.24, 2.45) is 0 Å². The number of carbonyl (C=O) groups excluding carboxylic acids is 3. The average Bonchev–Trinajstić information content (AvgIpc) is 2.73. The van der Waals surface area contributed by atoms with Gasteiger partial charge in [0.1, 0.15) is 11.7 Å². The number of rotatable bonds is 5. The van der Waals surface area contributed by atoms with Gasteiger partial charge in [0.25, 0.3) is 0 Å². The van der Waals surface area contributed by atoms with Crippen molar-refractivity contribution in [3.05, 3.63) is 34.9 Å². The number of benzene rings is 1. The van der Waals surface area contributed by atoms with Crippen LogP contribution in [0.3, 0.4) is 0 Å². The van der Waals surface area contributed by atoms with E-state index < -0.39 is 29.6 Å². The third-order valence-electron chi connectivity index (χ3n) is 3.21. The topological polar surface area (TPSA) is 99.1 Å². The highest BCUT2D eigenvalue weighted by Crippen LogP contribution is 2.23. The molecule has 2 rings (SSSR count). The molecule has 1 aliphatic rings. The van der Waals surface area contributed by atoms with Crippen LogP contribution in [0.2, 0.25) is 0 Å². The Hall–Kier alpha value is -2.25. The molecule has 7 heteroatoms. The first-order chi connectivity index (χ1) is 10.2. The third-order valence-corrected chi connectivity index (χ3v) is 3.21. The van der Waals surface area contributed by atoms with Crippen molar-refractivity contribution in [3.63, 3.8) is 0 Å². The van der Waals surface area contributed by atoms with Crippen molar-refractivity contribution in [2.75, 3.05) is 0 Å². The van der Waals surface area contributed by atoms with Gasteiger partial charge in [-0.3, -0.25) is 5.26 Å². The van der Waals surface area contributed by atoms with Crippen LogP contribution in [0.15, 0.2) is 18.2 Å². The van der Waals surface area contributed by atoms with E-state index in [9.17, 15) is 14.4 Å². The Kier molecular flexibility index (Phi) is 4.30. The lowest BCUT2D eigenvalue weighted by atomic mass is 10.0. The molecule has 1 N–H and O–H groups in total. The van der Waals surface area contributed by atoms with Crippen LogP contribution in [-0.4, -0.2) is 34.9 Å². The van der Waals surface area contributed by atoms with Crippen molar-refractivity contribution in [1.82, 2.24) is 0 Å². The van der Waals surface area contributed by atoms with Gasteiger partial charge in [0, 0.05) is 6.42 Å². The van der Waals surface area contributed by atoms with E-state index >= 15 is 0 Å². The van der Waals surface area contributed by atoms with Crippen LogP contribution in [0, 0.1) is 0 Å². The lowest BCUT2D eigenvalue weighted by Gasteiger charge is -2.24. The lowest BCUT2D eigenvalue weighted by molar-refractivity contribution is -0.317. The molecule has 0 fully saturated rings. The molecule has 22 heavy (non-hydrogen) atoms. The molecule has 1 aliphatic heterocycles. The maximum Gasteiger partial charge on any atom is 0.346 e. The van der Waals surface area contributed by atoms with Gasteiger partial charge in [-0.1, -0.05) is 0 Å². The minimum atomic E-state index is -0.853. The molecule has 1 aromatic rings. The molecule has 0 saturated heterocycles. The zero-order valence-corrected chi connectivity index (χ0v) is 12.4. The van der Waals surface area contributed by atoms with E-state index in [1.54, 1.807) is 20.8 Å². The number of cyclic esters (lactones) is 2. The highest BCUT2D eigenvalue weighted by atomic mass is 17.1. The van der Waals surface area contributed by atoms with E-state index in [0.29, 0.717) is 0 Å². The van der Waals surface area contributed by atoms with E-state index in [0.717, 1.165) is 0 Å². The number of ether oxygens (including phenoxy) is 2. The highest BCUT2D eigenvalue weighted by molar-refractivity contribution is 6.15. The van der Waals surface area contributed by atoms with Crippen molar-refractivity contribution >= 4 is 17.9 Å². The maximum absolute atomic E-state index is 12.1. The minimum absolute atomic E-state index is 0.0473. The van der Waals surface area contributed by atoms with Crippen molar-refractivity contribution < 1.29 is 34.0 Å². The smallest absolute Gasteiger partial charge is 0.346 e. The normalized spacial score (nSPS) is 15.3. The summed E-state index contributed by atoms with van der Waals surface area (Å²) in [6.07, 6.45) is -0.239. The molecule has 0 spiro atoms. The van der Waals surface area contributed by atoms with Gasteiger partial charge in [0.15, 0.2) is 0 Å². The minimum Gasteiger partial charge on any atom is -0.459 e. The van der Waals surface area contributed by atoms with E-state index in [1.165, 1.54) is 18.2 Å². The fourth-order valence-corrected chi connectivity index (χ4v) is 2.23. The first kappa shape index (κ1) is 16.1. The SMILES string of the molecule is CC(CC(C)(C)OO)OC(=O)c1ccc2c(c1)C(=O)OC2=O. The Morgan fingerprint density at radius 2 is 1.91 bits per heavy atom. The monoisotopic (exact) mass is 308 g/mol. The van der Waals surface area contributed by atoms with Gasteiger partial charge in [-0.15, -0.1) is 0 Å². The Bertz CT molecular complexity index is 633. The van der Waals surface area contributed by atoms with Crippen LogP contribution in [0.25, 0.3) is 0 Å². The summed E-state index contributed by atoms with van der Waals surface area (Å²) in [7, 11) is 0. The largest absolute Gasteiger partial charge is 0.459 e. The quantitative estimate of drug-likeness (QED) is 0.385. The number of hydrogen-bond acceptors (Lipinski definition) is 7. The second-order valence-electron chi connectivity index (χ2n) is 5.71. The van der Waals surface area contributed by atoms with Gasteiger partial charge in [-0.25, -0.2) is 19.3 Å². The van der Waals surface area contributed by atoms with Crippen molar-refractivity contribution in [1.29, 1.82) is 0 Å². The summed E-state index contributed by atoms with van der Waals surface area (Å²) >= 11 is 0. The Labute approximate surface area is 126 Å². The molecule has 1 aromatic carbocycles. The van der Waals surface area contributed by atoms with Crippen LogP contribution < -0.4 is 0 Å². The number of carbonyl (C=O) groups is 3. The Morgan fingerprint density at radius 1 is 1.27 bits per heavy atom. The molecule has 0 saturated carbocycles. The summed E-state index contributed by atoms with van der Waals surface area (Å²) in [5.74, 6) is -2.15. The fourth-order valence-electron chi connectivity index (χ4n) is 2.23. The second kappa shape index (κ2) is 5.86. The van der Waals surface area contributed by atoms with Crippen LogP contribution in [-0.2, 0) is 14.4 Å². The summed E-state index contributed by atoms with van der Waals surface area (Å²) in [6, 6.07) is 4.01. The molecular formula is C15H16O7. The molecule has 118 valence electrons. The fraction of sp³-hybridized carbons (Fsp3) is 0.400. The molecule has 0 aromatic heterocycles. The van der Waals surface area contributed by atoms with E-state index in [4.69, 9.17) is 9.99 Å². The van der Waals surface area contributed by atoms with Gasteiger partial charge < -0.3 is 9.47 Å². The predicted octanol–water partition coefficient (Wildman–Crippen LogP) is 2.20. The van der Waals surface area contributed by atoms with Gasteiger partial charge >= 0.3 is 17.9 Å². The Morgan fingerprint density at radius 3 is 2.55 bits per heavy atom. The van der Waals surface area contributed by atoms with Gasteiger partial charge in [0.2, 0.25) is 0 Å². The number of esters is 3. The summed E-state index contributed by atoms with van der Waals surface area (Å²) in [6.45, 7) is 4.95. The summed E-state index contributed by atoms with van der Waals surface area (Å²) in [4.78, 5) is 39.1. The first-order valence-electron chi connectivity index (χ1n) is 6.67. The summed E-state index contributed by atoms with van der Waals surface area (Å²) in [5, 5.41) is 8.73. The molecule has 0 radical (unpaired) electrons. The van der Waals surface area contributed by atoms with Crippen LogP contribution in [0.5, 0.6) is 0 Å². The van der Waals surface area contributed by atoms with Crippen molar-refractivity contribution in [3.8, 4) is 0 Å². The number of hydrogen-bond donors (Lipinski definition) is 1. The van der Waals surface area contributed by atoms with E-state index in [2.05, 4.69) is 9.62 Å². The zero-order chi connectivity index (χ0) is 16.5. The van der Waals surface area contributed by atoms with Crippen LogP contribution in [0.4, 0.5) is 0 Å². The summed E-state index contributed by atoms with van der Waals surface area (Å²) in [5.41, 5.74) is -0.538. The lowest BCUT2D eigenvalue weighted by Crippen LogP contribution is -2.30. The predicted molar refractivity (Wildman–Crippen MR) is 73.5 cm³/mol. The standard InChI is InChI=1S/C15H16O7/c1-8(7-15(2,3)22-19)20-12(16)9-4-5-10-11(6-9)14(18)21-13(10)17/h4-6,8,19H,7H2,1-3H3. The molecule has 1 atom stereocenters. The van der Waals surface area contributed by atoms with Gasteiger partial charge in [-0.2, -0.15) is 0 Å². The molecule has 7 nitrogen and oxygen atoms in total. The van der Waals surface area contributed by atoms with E-state index in [1.807, 2.05) is 0 Å². The van der Waals surface area contributed by atoms with E-state index in [-0.39, 0.29) is 23.1 Å².